The maximum atomic E-state index is 5.98. The second-order valence-electron chi connectivity index (χ2n) is 6.38. The highest BCUT2D eigenvalue weighted by Gasteiger charge is 2.07. The molecule has 0 amide bonds. The van der Waals surface area contributed by atoms with Crippen LogP contribution in [0, 0.1) is 13.8 Å². The molecule has 130 valence electrons. The molecule has 0 atom stereocenters. The Hall–Kier alpha value is -0.820. The van der Waals surface area contributed by atoms with Crippen molar-refractivity contribution in [3.05, 3.63) is 29.3 Å². The number of hydrogen-bond acceptors (Lipinski definition) is 2. The molecular formula is C18H31IN4. The Kier molecular flexibility index (Phi) is 9.55. The molecule has 5 heteroatoms. The van der Waals surface area contributed by atoms with Crippen molar-refractivity contribution in [2.24, 2.45) is 10.7 Å². The van der Waals surface area contributed by atoms with Crippen LogP contribution in [0.1, 0.15) is 43.2 Å². The van der Waals surface area contributed by atoms with E-state index in [1.807, 2.05) is 0 Å². The number of aryl methyl sites for hydroxylation is 2. The van der Waals surface area contributed by atoms with Gasteiger partial charge in [-0.1, -0.05) is 18.9 Å². The van der Waals surface area contributed by atoms with E-state index in [1.54, 1.807) is 0 Å². The van der Waals surface area contributed by atoms with E-state index in [0.29, 0.717) is 5.96 Å². The fourth-order valence-electron chi connectivity index (χ4n) is 3.09. The molecule has 1 saturated heterocycles. The van der Waals surface area contributed by atoms with Crippen molar-refractivity contribution in [1.82, 2.24) is 4.90 Å². The summed E-state index contributed by atoms with van der Waals surface area (Å²) in [5.74, 6) is 0.515. The fourth-order valence-corrected chi connectivity index (χ4v) is 3.09. The molecule has 1 aliphatic rings. The fraction of sp³-hybridized carbons (Fsp3) is 0.611. The number of benzene rings is 1. The van der Waals surface area contributed by atoms with Gasteiger partial charge in [-0.15, -0.1) is 24.0 Å². The van der Waals surface area contributed by atoms with E-state index in [1.165, 1.54) is 49.9 Å². The van der Waals surface area contributed by atoms with E-state index in [9.17, 15) is 0 Å². The number of nitrogens with zero attached hydrogens (tertiary/aromatic N) is 2. The molecule has 0 saturated carbocycles. The number of hydrogen-bond donors (Lipinski definition) is 2. The Balaban J connectivity index is 0.00000264. The molecule has 1 aliphatic heterocycles. The molecule has 0 radical (unpaired) electrons. The average molecular weight is 430 g/mol. The predicted molar refractivity (Wildman–Crippen MR) is 111 cm³/mol. The summed E-state index contributed by atoms with van der Waals surface area (Å²) in [5, 5.41) is 3.19. The number of anilines is 1. The van der Waals surface area contributed by atoms with Crippen molar-refractivity contribution in [1.29, 1.82) is 0 Å². The first-order chi connectivity index (χ1) is 10.6. The maximum Gasteiger partial charge on any atom is 0.193 e. The third-order valence-corrected chi connectivity index (χ3v) is 4.11. The van der Waals surface area contributed by atoms with Crippen molar-refractivity contribution < 1.29 is 0 Å². The Labute approximate surface area is 157 Å². The summed E-state index contributed by atoms with van der Waals surface area (Å²) in [7, 11) is 0. The lowest BCUT2D eigenvalue weighted by Crippen LogP contribution is -2.27. The van der Waals surface area contributed by atoms with Gasteiger partial charge in [-0.05, 0) is 76.0 Å². The molecule has 0 aromatic heterocycles. The third-order valence-electron chi connectivity index (χ3n) is 4.11. The second kappa shape index (κ2) is 10.9. The van der Waals surface area contributed by atoms with Crippen LogP contribution in [0.5, 0.6) is 0 Å². The third kappa shape index (κ3) is 8.01. The first-order valence-corrected chi connectivity index (χ1v) is 8.51. The molecule has 3 N–H and O–H groups in total. The van der Waals surface area contributed by atoms with E-state index in [-0.39, 0.29) is 24.0 Å². The Bertz CT molecular complexity index is 474. The summed E-state index contributed by atoms with van der Waals surface area (Å²) in [4.78, 5) is 7.01. The molecule has 0 bridgehead atoms. The van der Waals surface area contributed by atoms with E-state index < -0.39 is 0 Å². The van der Waals surface area contributed by atoms with Gasteiger partial charge in [0.2, 0.25) is 0 Å². The normalized spacial score (nSPS) is 16.5. The number of nitrogens with one attached hydrogen (secondary N) is 1. The number of nitrogens with two attached hydrogens (primary N) is 1. The number of halogens is 1. The van der Waals surface area contributed by atoms with Gasteiger partial charge in [0.05, 0.1) is 0 Å². The lowest BCUT2D eigenvalue weighted by atomic mass is 10.1. The number of aliphatic imine (C=N–C) groups is 1. The second-order valence-corrected chi connectivity index (χ2v) is 6.38. The predicted octanol–water partition coefficient (Wildman–Crippen LogP) is 3.91. The zero-order valence-corrected chi connectivity index (χ0v) is 16.8. The van der Waals surface area contributed by atoms with E-state index in [2.05, 4.69) is 47.3 Å². The highest BCUT2D eigenvalue weighted by atomic mass is 127. The van der Waals surface area contributed by atoms with E-state index in [0.717, 1.165) is 25.2 Å². The average Bonchev–Trinajstić information content (AvgIpc) is 2.71. The van der Waals surface area contributed by atoms with Crippen LogP contribution >= 0.6 is 24.0 Å². The van der Waals surface area contributed by atoms with Gasteiger partial charge in [0, 0.05) is 12.2 Å². The number of rotatable bonds is 5. The minimum atomic E-state index is 0. The van der Waals surface area contributed by atoms with Gasteiger partial charge in [0.25, 0.3) is 0 Å². The molecule has 1 heterocycles. The highest BCUT2D eigenvalue weighted by Crippen LogP contribution is 2.13. The Morgan fingerprint density at radius 1 is 1.09 bits per heavy atom. The van der Waals surface area contributed by atoms with Crippen molar-refractivity contribution in [2.75, 3.05) is 31.5 Å². The van der Waals surface area contributed by atoms with Gasteiger partial charge < -0.3 is 16.0 Å². The molecule has 2 rings (SSSR count). The lowest BCUT2D eigenvalue weighted by molar-refractivity contribution is 0.283. The van der Waals surface area contributed by atoms with Gasteiger partial charge >= 0.3 is 0 Å². The summed E-state index contributed by atoms with van der Waals surface area (Å²) in [5.41, 5.74) is 9.46. The molecule has 0 spiro atoms. The van der Waals surface area contributed by atoms with Crippen molar-refractivity contribution >= 4 is 35.6 Å². The molecule has 1 aromatic carbocycles. The van der Waals surface area contributed by atoms with Gasteiger partial charge in [-0.25, -0.2) is 0 Å². The largest absolute Gasteiger partial charge is 0.370 e. The Morgan fingerprint density at radius 2 is 1.70 bits per heavy atom. The molecule has 1 fully saturated rings. The standard InChI is InChI=1S/C18H30N4.HI/c1-15-12-16(2)14-17(13-15)21-18(19)20-8-7-11-22-9-5-3-4-6-10-22;/h12-14H,3-11H2,1-2H3,(H3,19,20,21);1H. The summed E-state index contributed by atoms with van der Waals surface area (Å²) in [6.45, 7) is 8.61. The monoisotopic (exact) mass is 430 g/mol. The Morgan fingerprint density at radius 3 is 2.30 bits per heavy atom. The maximum absolute atomic E-state index is 5.98. The summed E-state index contributed by atoms with van der Waals surface area (Å²) in [6.07, 6.45) is 6.55. The zero-order valence-electron chi connectivity index (χ0n) is 14.5. The molecular weight excluding hydrogens is 399 g/mol. The van der Waals surface area contributed by atoms with E-state index >= 15 is 0 Å². The van der Waals surface area contributed by atoms with Crippen LogP contribution in [0.15, 0.2) is 23.2 Å². The van der Waals surface area contributed by atoms with Crippen molar-refractivity contribution in [2.45, 2.75) is 46.0 Å². The minimum absolute atomic E-state index is 0. The van der Waals surface area contributed by atoms with Crippen LogP contribution in [0.3, 0.4) is 0 Å². The van der Waals surface area contributed by atoms with Crippen LogP contribution in [-0.2, 0) is 0 Å². The first-order valence-electron chi connectivity index (χ1n) is 8.51. The van der Waals surface area contributed by atoms with Crippen LogP contribution in [0.4, 0.5) is 5.69 Å². The van der Waals surface area contributed by atoms with E-state index in [4.69, 9.17) is 5.73 Å². The van der Waals surface area contributed by atoms with Gasteiger partial charge in [-0.3, -0.25) is 4.99 Å². The van der Waals surface area contributed by atoms with Crippen molar-refractivity contribution in [3.8, 4) is 0 Å². The molecule has 0 aliphatic carbocycles. The van der Waals surface area contributed by atoms with Crippen LogP contribution in [0.25, 0.3) is 0 Å². The highest BCUT2D eigenvalue weighted by molar-refractivity contribution is 14.0. The SMILES string of the molecule is Cc1cc(C)cc(NC(N)=NCCCN2CCCCCC2)c1.I. The number of likely N-dealkylation sites (tertiary alicyclic amines) is 1. The molecule has 1 aromatic rings. The lowest BCUT2D eigenvalue weighted by Gasteiger charge is -2.18. The molecule has 0 unspecified atom stereocenters. The number of guanidine groups is 1. The minimum Gasteiger partial charge on any atom is -0.370 e. The van der Waals surface area contributed by atoms with Gasteiger partial charge in [0.1, 0.15) is 0 Å². The quantitative estimate of drug-likeness (QED) is 0.322. The van der Waals surface area contributed by atoms with Crippen LogP contribution in [0.2, 0.25) is 0 Å². The summed E-state index contributed by atoms with van der Waals surface area (Å²) in [6, 6.07) is 6.33. The molecule has 23 heavy (non-hydrogen) atoms. The van der Waals surface area contributed by atoms with Crippen LogP contribution < -0.4 is 11.1 Å². The zero-order chi connectivity index (χ0) is 15.8. The van der Waals surface area contributed by atoms with Gasteiger partial charge in [-0.2, -0.15) is 0 Å². The first kappa shape index (κ1) is 20.2. The van der Waals surface area contributed by atoms with Crippen LogP contribution in [-0.4, -0.2) is 37.0 Å². The smallest absolute Gasteiger partial charge is 0.193 e. The molecule has 4 nitrogen and oxygen atoms in total. The van der Waals surface area contributed by atoms with Gasteiger partial charge in [0.15, 0.2) is 5.96 Å². The van der Waals surface area contributed by atoms with Crippen molar-refractivity contribution in [3.63, 3.8) is 0 Å². The topological polar surface area (TPSA) is 53.6 Å². The summed E-state index contributed by atoms with van der Waals surface area (Å²) >= 11 is 0. The summed E-state index contributed by atoms with van der Waals surface area (Å²) < 4.78 is 0.